The molecule has 1 unspecified atom stereocenters. The minimum absolute atomic E-state index is 0.220. The first-order valence-electron chi connectivity index (χ1n) is 7.40. The van der Waals surface area contributed by atoms with Gasteiger partial charge in [0.2, 0.25) is 0 Å². The van der Waals surface area contributed by atoms with E-state index in [4.69, 9.17) is 0 Å². The average Bonchev–Trinajstić information content (AvgIpc) is 2.47. The van der Waals surface area contributed by atoms with Crippen molar-refractivity contribution >= 4 is 0 Å². The zero-order valence-electron chi connectivity index (χ0n) is 12.9. The van der Waals surface area contributed by atoms with Gasteiger partial charge in [0.25, 0.3) is 0 Å². The number of hydrogen-bond acceptors (Lipinski definition) is 3. The second-order valence-corrected chi connectivity index (χ2v) is 5.31. The Kier molecular flexibility index (Phi) is 5.39. The number of nitrogens with zero attached hydrogens (tertiary/aromatic N) is 2. The van der Waals surface area contributed by atoms with Crippen molar-refractivity contribution in [2.75, 3.05) is 6.54 Å². The SMILES string of the molecule is CCCNC(C)c1cnc(Cc2ccc(F)cc2)nc1C. The second kappa shape index (κ2) is 7.27. The molecule has 0 fully saturated rings. The zero-order valence-corrected chi connectivity index (χ0v) is 12.9. The molecule has 0 aliphatic carbocycles. The molecule has 0 saturated carbocycles. The van der Waals surface area contributed by atoms with E-state index in [0.29, 0.717) is 6.42 Å². The van der Waals surface area contributed by atoms with E-state index >= 15 is 0 Å². The van der Waals surface area contributed by atoms with Crippen molar-refractivity contribution in [3.8, 4) is 0 Å². The van der Waals surface area contributed by atoms with E-state index in [1.807, 2.05) is 13.1 Å². The van der Waals surface area contributed by atoms with Crippen molar-refractivity contribution < 1.29 is 4.39 Å². The van der Waals surface area contributed by atoms with Crippen molar-refractivity contribution in [1.29, 1.82) is 0 Å². The summed E-state index contributed by atoms with van der Waals surface area (Å²) in [4.78, 5) is 9.02. The van der Waals surface area contributed by atoms with Crippen LogP contribution < -0.4 is 5.32 Å². The molecule has 3 nitrogen and oxygen atoms in total. The fourth-order valence-electron chi connectivity index (χ4n) is 2.29. The van der Waals surface area contributed by atoms with E-state index in [0.717, 1.165) is 35.6 Å². The quantitative estimate of drug-likeness (QED) is 0.882. The van der Waals surface area contributed by atoms with Crippen LogP contribution in [0.5, 0.6) is 0 Å². The van der Waals surface area contributed by atoms with E-state index < -0.39 is 0 Å². The molecular formula is C17H22FN3. The van der Waals surface area contributed by atoms with Crippen LogP contribution in [0.15, 0.2) is 30.5 Å². The molecule has 1 N–H and O–H groups in total. The molecule has 0 aliphatic heterocycles. The number of nitrogens with one attached hydrogen (secondary N) is 1. The zero-order chi connectivity index (χ0) is 15.2. The maximum Gasteiger partial charge on any atom is 0.132 e. The van der Waals surface area contributed by atoms with Gasteiger partial charge in [0.15, 0.2) is 0 Å². The lowest BCUT2D eigenvalue weighted by Gasteiger charge is -2.15. The Labute approximate surface area is 125 Å². The minimum Gasteiger partial charge on any atom is -0.310 e. The van der Waals surface area contributed by atoms with Crippen LogP contribution >= 0.6 is 0 Å². The molecule has 0 spiro atoms. The largest absolute Gasteiger partial charge is 0.310 e. The van der Waals surface area contributed by atoms with Gasteiger partial charge in [-0.3, -0.25) is 0 Å². The number of benzene rings is 1. The van der Waals surface area contributed by atoms with Crippen LogP contribution in [0, 0.1) is 12.7 Å². The Morgan fingerprint density at radius 1 is 1.24 bits per heavy atom. The van der Waals surface area contributed by atoms with Crippen LogP contribution in [-0.2, 0) is 6.42 Å². The summed E-state index contributed by atoms with van der Waals surface area (Å²) in [6, 6.07) is 6.73. The molecule has 0 aliphatic rings. The highest BCUT2D eigenvalue weighted by Gasteiger charge is 2.10. The number of rotatable bonds is 6. The predicted octanol–water partition coefficient (Wildman–Crippen LogP) is 3.58. The fourth-order valence-corrected chi connectivity index (χ4v) is 2.29. The van der Waals surface area contributed by atoms with Crippen LogP contribution in [0.3, 0.4) is 0 Å². The predicted molar refractivity (Wildman–Crippen MR) is 82.7 cm³/mol. The van der Waals surface area contributed by atoms with Gasteiger partial charge in [-0.25, -0.2) is 14.4 Å². The summed E-state index contributed by atoms with van der Waals surface area (Å²) in [7, 11) is 0. The van der Waals surface area contributed by atoms with Crippen LogP contribution in [0.25, 0.3) is 0 Å². The first-order chi connectivity index (χ1) is 10.1. The number of halogens is 1. The van der Waals surface area contributed by atoms with Crippen LogP contribution in [-0.4, -0.2) is 16.5 Å². The topological polar surface area (TPSA) is 37.8 Å². The van der Waals surface area contributed by atoms with Crippen LogP contribution in [0.2, 0.25) is 0 Å². The normalized spacial score (nSPS) is 12.4. The van der Waals surface area contributed by atoms with Gasteiger partial charge >= 0.3 is 0 Å². The molecule has 2 aromatic rings. The summed E-state index contributed by atoms with van der Waals surface area (Å²) in [5, 5.41) is 3.44. The highest BCUT2D eigenvalue weighted by molar-refractivity contribution is 5.23. The van der Waals surface area contributed by atoms with Gasteiger partial charge in [-0.1, -0.05) is 19.1 Å². The maximum atomic E-state index is 12.9. The highest BCUT2D eigenvalue weighted by atomic mass is 19.1. The van der Waals surface area contributed by atoms with Gasteiger partial charge in [0.1, 0.15) is 11.6 Å². The number of aromatic nitrogens is 2. The van der Waals surface area contributed by atoms with E-state index in [9.17, 15) is 4.39 Å². The van der Waals surface area contributed by atoms with E-state index in [1.54, 1.807) is 12.1 Å². The number of hydrogen-bond donors (Lipinski definition) is 1. The van der Waals surface area contributed by atoms with Crippen LogP contribution in [0.1, 0.15) is 49.0 Å². The molecular weight excluding hydrogens is 265 g/mol. The maximum absolute atomic E-state index is 12.9. The Morgan fingerprint density at radius 2 is 1.95 bits per heavy atom. The summed E-state index contributed by atoms with van der Waals surface area (Å²) < 4.78 is 12.9. The third kappa shape index (κ3) is 4.33. The monoisotopic (exact) mass is 287 g/mol. The van der Waals surface area contributed by atoms with Crippen molar-refractivity contribution in [2.45, 2.75) is 39.7 Å². The van der Waals surface area contributed by atoms with Crippen molar-refractivity contribution in [1.82, 2.24) is 15.3 Å². The smallest absolute Gasteiger partial charge is 0.132 e. The first-order valence-corrected chi connectivity index (χ1v) is 7.40. The Hall–Kier alpha value is -1.81. The van der Waals surface area contributed by atoms with Gasteiger partial charge in [-0.05, 0) is 44.5 Å². The summed E-state index contributed by atoms with van der Waals surface area (Å²) >= 11 is 0. The lowest BCUT2D eigenvalue weighted by Crippen LogP contribution is -2.21. The lowest BCUT2D eigenvalue weighted by atomic mass is 10.1. The van der Waals surface area contributed by atoms with Gasteiger partial charge in [-0.2, -0.15) is 0 Å². The lowest BCUT2D eigenvalue weighted by molar-refractivity contribution is 0.563. The molecule has 1 aromatic heterocycles. The van der Waals surface area contributed by atoms with Gasteiger partial charge in [0.05, 0.1) is 0 Å². The highest BCUT2D eigenvalue weighted by Crippen LogP contribution is 2.16. The van der Waals surface area contributed by atoms with Gasteiger partial charge in [-0.15, -0.1) is 0 Å². The van der Waals surface area contributed by atoms with Crippen molar-refractivity contribution in [3.63, 3.8) is 0 Å². The molecule has 1 atom stereocenters. The molecule has 4 heteroatoms. The Balaban J connectivity index is 2.09. The van der Waals surface area contributed by atoms with Gasteiger partial charge < -0.3 is 5.32 Å². The Bertz CT molecular complexity index is 581. The minimum atomic E-state index is -0.220. The van der Waals surface area contributed by atoms with Gasteiger partial charge in [0, 0.05) is 29.9 Å². The first kappa shape index (κ1) is 15.6. The Morgan fingerprint density at radius 3 is 2.57 bits per heavy atom. The summed E-state index contributed by atoms with van der Waals surface area (Å²) in [5.74, 6) is 0.549. The molecule has 0 saturated heterocycles. The average molecular weight is 287 g/mol. The third-order valence-corrected chi connectivity index (χ3v) is 3.51. The van der Waals surface area contributed by atoms with E-state index in [1.165, 1.54) is 12.1 Å². The standard InChI is InChI=1S/C17H22FN3/c1-4-9-19-12(2)16-11-20-17(21-13(16)3)10-14-5-7-15(18)8-6-14/h5-8,11-12,19H,4,9-10H2,1-3H3. The molecule has 2 rings (SSSR count). The summed E-state index contributed by atoms with van der Waals surface area (Å²) in [6.45, 7) is 7.27. The second-order valence-electron chi connectivity index (χ2n) is 5.31. The molecule has 0 bridgehead atoms. The van der Waals surface area contributed by atoms with Crippen LogP contribution in [0.4, 0.5) is 4.39 Å². The van der Waals surface area contributed by atoms with Crippen molar-refractivity contribution in [3.05, 3.63) is 58.9 Å². The number of aryl methyl sites for hydroxylation is 1. The van der Waals surface area contributed by atoms with E-state index in [-0.39, 0.29) is 11.9 Å². The molecule has 1 aromatic carbocycles. The molecule has 0 amide bonds. The third-order valence-electron chi connectivity index (χ3n) is 3.51. The van der Waals surface area contributed by atoms with E-state index in [2.05, 4.69) is 29.1 Å². The van der Waals surface area contributed by atoms with Crippen molar-refractivity contribution in [2.24, 2.45) is 0 Å². The molecule has 21 heavy (non-hydrogen) atoms. The molecule has 112 valence electrons. The molecule has 1 heterocycles. The fraction of sp³-hybridized carbons (Fsp3) is 0.412. The summed E-state index contributed by atoms with van der Waals surface area (Å²) in [5.41, 5.74) is 3.14. The molecule has 0 radical (unpaired) electrons. The summed E-state index contributed by atoms with van der Waals surface area (Å²) in [6.07, 6.45) is 3.62.